The fourth-order valence-electron chi connectivity index (χ4n) is 2.75. The number of nitrogens with zero attached hydrogens (tertiary/aromatic N) is 2. The number of rotatable bonds is 4. The molecule has 1 saturated heterocycles. The summed E-state index contributed by atoms with van der Waals surface area (Å²) in [5, 5.41) is 13.5. The fourth-order valence-corrected chi connectivity index (χ4v) is 3.46. The van der Waals surface area contributed by atoms with Crippen LogP contribution < -0.4 is 5.32 Å². The monoisotopic (exact) mass is 405 g/mol. The van der Waals surface area contributed by atoms with Gasteiger partial charge in [0.05, 0.1) is 15.5 Å². The molecule has 0 aliphatic carbocycles. The van der Waals surface area contributed by atoms with Crippen LogP contribution in [0.25, 0.3) is 17.4 Å². The smallest absolute Gasteiger partial charge is 0.289 e. The standard InChI is InChI=1S/C21H15N3O4S/c1-13-5-7-15(8-6-13)22-20-19(29-21(25)23-20)12-17-9-10-18(28-17)14-3-2-4-16(11-14)24(26)27/h2-12H,1H3,(H,22,23,25). The van der Waals surface area contributed by atoms with Crippen LogP contribution in [0.15, 0.2) is 75.0 Å². The number of carbonyl (C=O) groups excluding carboxylic acids is 1. The van der Waals surface area contributed by atoms with Crippen LogP contribution in [0.2, 0.25) is 0 Å². The highest BCUT2D eigenvalue weighted by Gasteiger charge is 2.24. The molecule has 0 spiro atoms. The highest BCUT2D eigenvalue weighted by Crippen LogP contribution is 2.31. The molecule has 7 nitrogen and oxygen atoms in total. The van der Waals surface area contributed by atoms with E-state index in [9.17, 15) is 14.9 Å². The van der Waals surface area contributed by atoms with Crippen molar-refractivity contribution in [3.8, 4) is 11.3 Å². The molecule has 1 amide bonds. The number of nitro groups is 1. The lowest BCUT2D eigenvalue weighted by atomic mass is 10.1. The lowest BCUT2D eigenvalue weighted by Crippen LogP contribution is -2.18. The van der Waals surface area contributed by atoms with Crippen LogP contribution in [0.1, 0.15) is 11.3 Å². The van der Waals surface area contributed by atoms with Gasteiger partial charge in [0.2, 0.25) is 0 Å². The van der Waals surface area contributed by atoms with Crippen LogP contribution in [0.4, 0.5) is 16.2 Å². The molecular weight excluding hydrogens is 390 g/mol. The summed E-state index contributed by atoms with van der Waals surface area (Å²) >= 11 is 1.03. The number of non-ortho nitro benzene ring substituents is 1. The quantitative estimate of drug-likeness (QED) is 0.444. The number of amidine groups is 1. The highest BCUT2D eigenvalue weighted by molar-refractivity contribution is 8.18. The number of nitro benzene ring substituents is 1. The molecule has 144 valence electrons. The maximum absolute atomic E-state index is 11.9. The Kier molecular flexibility index (Phi) is 5.01. The molecule has 0 radical (unpaired) electrons. The third kappa shape index (κ3) is 4.27. The maximum atomic E-state index is 11.9. The van der Waals surface area contributed by atoms with Gasteiger partial charge in [-0.15, -0.1) is 0 Å². The first kappa shape index (κ1) is 18.7. The van der Waals surface area contributed by atoms with Gasteiger partial charge >= 0.3 is 0 Å². The Labute approximate surface area is 170 Å². The van der Waals surface area contributed by atoms with Gasteiger partial charge in [-0.1, -0.05) is 29.8 Å². The Balaban J connectivity index is 1.63. The zero-order chi connectivity index (χ0) is 20.4. The number of furan rings is 1. The van der Waals surface area contributed by atoms with Crippen molar-refractivity contribution < 1.29 is 14.1 Å². The normalized spacial score (nSPS) is 16.4. The Morgan fingerprint density at radius 1 is 1.14 bits per heavy atom. The number of nitrogens with one attached hydrogen (secondary N) is 1. The zero-order valence-electron chi connectivity index (χ0n) is 15.3. The van der Waals surface area contributed by atoms with Gasteiger partial charge in [0.1, 0.15) is 17.4 Å². The summed E-state index contributed by atoms with van der Waals surface area (Å²) in [7, 11) is 0. The Morgan fingerprint density at radius 2 is 1.93 bits per heavy atom. The van der Waals surface area contributed by atoms with Crippen LogP contribution in [-0.2, 0) is 0 Å². The van der Waals surface area contributed by atoms with Gasteiger partial charge in [0.25, 0.3) is 10.9 Å². The highest BCUT2D eigenvalue weighted by atomic mass is 32.2. The van der Waals surface area contributed by atoms with E-state index in [-0.39, 0.29) is 10.9 Å². The Morgan fingerprint density at radius 3 is 2.69 bits per heavy atom. The van der Waals surface area contributed by atoms with Crippen molar-refractivity contribution in [3.63, 3.8) is 0 Å². The molecule has 0 saturated carbocycles. The second-order valence-electron chi connectivity index (χ2n) is 6.33. The summed E-state index contributed by atoms with van der Waals surface area (Å²) in [6.45, 7) is 1.99. The molecule has 4 rings (SSSR count). The van der Waals surface area contributed by atoms with Gasteiger partial charge in [0, 0.05) is 17.7 Å². The minimum Gasteiger partial charge on any atom is -0.457 e. The van der Waals surface area contributed by atoms with E-state index in [1.54, 1.807) is 30.3 Å². The maximum Gasteiger partial charge on any atom is 0.289 e. The average molecular weight is 405 g/mol. The van der Waals surface area contributed by atoms with E-state index in [1.807, 2.05) is 31.2 Å². The molecule has 3 aromatic rings. The van der Waals surface area contributed by atoms with Crippen LogP contribution >= 0.6 is 11.8 Å². The molecule has 2 aromatic carbocycles. The minimum absolute atomic E-state index is 0.00697. The molecule has 1 fully saturated rings. The molecule has 1 N–H and O–H groups in total. The van der Waals surface area contributed by atoms with E-state index in [4.69, 9.17) is 4.42 Å². The number of benzene rings is 2. The molecule has 2 heterocycles. The second-order valence-corrected chi connectivity index (χ2v) is 7.34. The van der Waals surface area contributed by atoms with Crippen LogP contribution in [0.3, 0.4) is 0 Å². The van der Waals surface area contributed by atoms with E-state index in [2.05, 4.69) is 10.3 Å². The summed E-state index contributed by atoms with van der Waals surface area (Å²) in [5.41, 5.74) is 2.45. The van der Waals surface area contributed by atoms with Crippen molar-refractivity contribution in [1.29, 1.82) is 0 Å². The van der Waals surface area contributed by atoms with Crippen molar-refractivity contribution in [2.75, 3.05) is 0 Å². The number of carbonyl (C=O) groups is 1. The number of aryl methyl sites for hydroxylation is 1. The Bertz CT molecular complexity index is 1160. The van der Waals surface area contributed by atoms with Crippen LogP contribution in [0.5, 0.6) is 0 Å². The first-order valence-electron chi connectivity index (χ1n) is 8.69. The molecule has 1 aliphatic heterocycles. The summed E-state index contributed by atoms with van der Waals surface area (Å²) in [4.78, 5) is 27.5. The number of hydrogen-bond donors (Lipinski definition) is 1. The van der Waals surface area contributed by atoms with E-state index >= 15 is 0 Å². The number of hydrogen-bond acceptors (Lipinski definition) is 6. The van der Waals surface area contributed by atoms with Crippen molar-refractivity contribution in [2.24, 2.45) is 4.99 Å². The third-order valence-electron chi connectivity index (χ3n) is 4.17. The van der Waals surface area contributed by atoms with Gasteiger partial charge in [-0.2, -0.15) is 0 Å². The first-order chi connectivity index (χ1) is 14.0. The van der Waals surface area contributed by atoms with Crippen LogP contribution in [-0.4, -0.2) is 16.0 Å². The summed E-state index contributed by atoms with van der Waals surface area (Å²) in [6, 6.07) is 17.4. The fraction of sp³-hybridized carbons (Fsp3) is 0.0476. The lowest BCUT2D eigenvalue weighted by Gasteiger charge is -2.00. The molecule has 0 atom stereocenters. The van der Waals surface area contributed by atoms with E-state index in [1.165, 1.54) is 12.1 Å². The number of aliphatic imine (C=N–C) groups is 1. The van der Waals surface area contributed by atoms with Gasteiger partial charge < -0.3 is 9.73 Å². The van der Waals surface area contributed by atoms with Crippen molar-refractivity contribution in [3.05, 3.63) is 87.0 Å². The second kappa shape index (κ2) is 7.76. The number of amides is 1. The van der Waals surface area contributed by atoms with Gasteiger partial charge in [-0.25, -0.2) is 4.99 Å². The lowest BCUT2D eigenvalue weighted by molar-refractivity contribution is -0.384. The van der Waals surface area contributed by atoms with E-state index < -0.39 is 4.92 Å². The average Bonchev–Trinajstić information content (AvgIpc) is 3.30. The molecule has 0 unspecified atom stereocenters. The summed E-state index contributed by atoms with van der Waals surface area (Å²) < 4.78 is 5.81. The third-order valence-corrected chi connectivity index (χ3v) is 4.99. The molecular formula is C21H15N3O4S. The van der Waals surface area contributed by atoms with Gasteiger partial charge in [0.15, 0.2) is 0 Å². The predicted molar refractivity (Wildman–Crippen MR) is 113 cm³/mol. The van der Waals surface area contributed by atoms with E-state index in [0.29, 0.717) is 27.8 Å². The predicted octanol–water partition coefficient (Wildman–Crippen LogP) is 5.69. The first-order valence-corrected chi connectivity index (χ1v) is 9.50. The molecule has 1 aliphatic rings. The molecule has 1 aromatic heterocycles. The SMILES string of the molecule is Cc1ccc(N=C2NC(=O)SC2=Cc2ccc(-c3cccc([N+](=O)[O-])c3)o2)cc1. The van der Waals surface area contributed by atoms with Gasteiger partial charge in [-0.3, -0.25) is 14.9 Å². The Hall–Kier alpha value is -3.65. The molecule has 29 heavy (non-hydrogen) atoms. The zero-order valence-corrected chi connectivity index (χ0v) is 16.1. The minimum atomic E-state index is -0.449. The van der Waals surface area contributed by atoms with Crippen molar-refractivity contribution >= 4 is 40.3 Å². The van der Waals surface area contributed by atoms with E-state index in [0.717, 1.165) is 23.0 Å². The van der Waals surface area contributed by atoms with Crippen molar-refractivity contribution in [1.82, 2.24) is 5.32 Å². The summed E-state index contributed by atoms with van der Waals surface area (Å²) in [5.74, 6) is 1.47. The summed E-state index contributed by atoms with van der Waals surface area (Å²) in [6.07, 6.45) is 1.72. The van der Waals surface area contributed by atoms with Crippen LogP contribution in [0, 0.1) is 17.0 Å². The molecule has 8 heteroatoms. The largest absolute Gasteiger partial charge is 0.457 e. The topological polar surface area (TPSA) is 97.7 Å². The number of thioether (sulfide) groups is 1. The van der Waals surface area contributed by atoms with Gasteiger partial charge in [-0.05, 0) is 49.0 Å². The van der Waals surface area contributed by atoms with Crippen molar-refractivity contribution in [2.45, 2.75) is 6.92 Å². The molecule has 0 bridgehead atoms.